The molecule has 1 aliphatic rings. The van der Waals surface area contributed by atoms with Gasteiger partial charge in [-0.1, -0.05) is 45.2 Å². The van der Waals surface area contributed by atoms with Gasteiger partial charge in [-0.25, -0.2) is 0 Å². The normalized spacial score (nSPS) is 22.7. The van der Waals surface area contributed by atoms with Crippen LogP contribution in [-0.4, -0.2) is 12.6 Å². The van der Waals surface area contributed by atoms with Gasteiger partial charge in [0.05, 0.1) is 6.61 Å². The second-order valence-electron chi connectivity index (χ2n) is 5.94. The largest absolute Gasteiger partial charge is 0.494 e. The number of ether oxygens (including phenoxy) is 1. The molecule has 0 radical (unpaired) electrons. The van der Waals surface area contributed by atoms with Crippen LogP contribution in [0.2, 0.25) is 0 Å². The fraction of sp³-hybridized carbons (Fsp3) is 0.667. The highest BCUT2D eigenvalue weighted by molar-refractivity contribution is 5.28. The van der Waals surface area contributed by atoms with Crippen molar-refractivity contribution in [1.29, 1.82) is 0 Å². The SMILES string of the molecule is CCCOc1cccc(CNC2CCCCC2CC)c1. The molecule has 20 heavy (non-hydrogen) atoms. The van der Waals surface area contributed by atoms with E-state index in [1.165, 1.54) is 37.7 Å². The molecule has 1 aromatic rings. The van der Waals surface area contributed by atoms with Crippen LogP contribution in [0.15, 0.2) is 24.3 Å². The maximum Gasteiger partial charge on any atom is 0.119 e. The topological polar surface area (TPSA) is 21.3 Å². The third-order valence-electron chi connectivity index (χ3n) is 4.37. The third kappa shape index (κ3) is 4.52. The van der Waals surface area contributed by atoms with E-state index in [4.69, 9.17) is 4.74 Å². The van der Waals surface area contributed by atoms with Gasteiger partial charge >= 0.3 is 0 Å². The molecule has 2 atom stereocenters. The van der Waals surface area contributed by atoms with Crippen molar-refractivity contribution >= 4 is 0 Å². The van der Waals surface area contributed by atoms with E-state index in [2.05, 4.69) is 43.4 Å². The van der Waals surface area contributed by atoms with Crippen molar-refractivity contribution in [2.75, 3.05) is 6.61 Å². The second kappa shape index (κ2) is 8.31. The monoisotopic (exact) mass is 275 g/mol. The molecule has 2 heteroatoms. The molecular weight excluding hydrogens is 246 g/mol. The predicted octanol–water partition coefficient (Wildman–Crippen LogP) is 4.53. The minimum absolute atomic E-state index is 0.703. The average molecular weight is 275 g/mol. The first-order chi connectivity index (χ1) is 9.83. The van der Waals surface area contributed by atoms with E-state index in [9.17, 15) is 0 Å². The van der Waals surface area contributed by atoms with E-state index < -0.39 is 0 Å². The summed E-state index contributed by atoms with van der Waals surface area (Å²) in [5.41, 5.74) is 1.33. The molecule has 1 aromatic carbocycles. The molecule has 0 spiro atoms. The summed E-state index contributed by atoms with van der Waals surface area (Å²) in [5, 5.41) is 3.77. The molecule has 1 aliphatic carbocycles. The van der Waals surface area contributed by atoms with Crippen LogP contribution in [0.5, 0.6) is 5.75 Å². The van der Waals surface area contributed by atoms with Crippen molar-refractivity contribution in [1.82, 2.24) is 5.32 Å². The molecule has 0 saturated heterocycles. The lowest BCUT2D eigenvalue weighted by atomic mass is 9.83. The molecule has 0 bridgehead atoms. The van der Waals surface area contributed by atoms with Crippen LogP contribution in [-0.2, 0) is 6.54 Å². The van der Waals surface area contributed by atoms with Crippen molar-refractivity contribution in [2.45, 2.75) is 65.0 Å². The number of hydrogen-bond acceptors (Lipinski definition) is 2. The standard InChI is InChI=1S/C18H29NO/c1-3-12-20-17-10-7-8-15(13-17)14-19-18-11-6-5-9-16(18)4-2/h7-8,10,13,16,18-19H,3-6,9,11-12,14H2,1-2H3. The fourth-order valence-electron chi connectivity index (χ4n) is 3.18. The molecule has 112 valence electrons. The van der Waals surface area contributed by atoms with Crippen molar-refractivity contribution in [3.05, 3.63) is 29.8 Å². The molecule has 1 fully saturated rings. The van der Waals surface area contributed by atoms with Crippen LogP contribution in [0.4, 0.5) is 0 Å². The molecule has 1 N–H and O–H groups in total. The van der Waals surface area contributed by atoms with Gasteiger partial charge in [0.1, 0.15) is 5.75 Å². The Bertz CT molecular complexity index is 391. The molecular formula is C18H29NO. The Kier molecular flexibility index (Phi) is 6.38. The van der Waals surface area contributed by atoms with E-state index >= 15 is 0 Å². The zero-order valence-corrected chi connectivity index (χ0v) is 13.0. The van der Waals surface area contributed by atoms with Gasteiger partial charge < -0.3 is 10.1 Å². The quantitative estimate of drug-likeness (QED) is 0.789. The molecule has 1 saturated carbocycles. The van der Waals surface area contributed by atoms with Crippen LogP contribution in [0.1, 0.15) is 57.9 Å². The summed E-state index contributed by atoms with van der Waals surface area (Å²) in [7, 11) is 0. The summed E-state index contributed by atoms with van der Waals surface area (Å²) >= 11 is 0. The molecule has 0 heterocycles. The van der Waals surface area contributed by atoms with Crippen LogP contribution < -0.4 is 10.1 Å². The lowest BCUT2D eigenvalue weighted by Gasteiger charge is -2.31. The minimum atomic E-state index is 0.703. The predicted molar refractivity (Wildman–Crippen MR) is 85.1 cm³/mol. The first-order valence-corrected chi connectivity index (χ1v) is 8.28. The van der Waals surface area contributed by atoms with Crippen molar-refractivity contribution in [2.24, 2.45) is 5.92 Å². The Morgan fingerprint density at radius 1 is 1.20 bits per heavy atom. The summed E-state index contributed by atoms with van der Waals surface area (Å²) in [6.07, 6.45) is 7.89. The fourth-order valence-corrected chi connectivity index (χ4v) is 3.18. The van der Waals surface area contributed by atoms with Gasteiger partial charge in [0.2, 0.25) is 0 Å². The van der Waals surface area contributed by atoms with Crippen molar-refractivity contribution < 1.29 is 4.74 Å². The summed E-state index contributed by atoms with van der Waals surface area (Å²) in [6.45, 7) is 6.23. The van der Waals surface area contributed by atoms with Gasteiger partial charge in [0.25, 0.3) is 0 Å². The van der Waals surface area contributed by atoms with Crippen LogP contribution in [0.25, 0.3) is 0 Å². The van der Waals surface area contributed by atoms with E-state index in [0.717, 1.165) is 31.2 Å². The Morgan fingerprint density at radius 2 is 2.05 bits per heavy atom. The lowest BCUT2D eigenvalue weighted by Crippen LogP contribution is -2.37. The van der Waals surface area contributed by atoms with Gasteiger partial charge in [-0.2, -0.15) is 0 Å². The zero-order valence-electron chi connectivity index (χ0n) is 13.0. The van der Waals surface area contributed by atoms with Gasteiger partial charge in [-0.05, 0) is 42.9 Å². The summed E-state index contributed by atoms with van der Waals surface area (Å²) in [5.74, 6) is 1.87. The van der Waals surface area contributed by atoms with Gasteiger partial charge in [-0.3, -0.25) is 0 Å². The smallest absolute Gasteiger partial charge is 0.119 e. The van der Waals surface area contributed by atoms with Gasteiger partial charge in [-0.15, -0.1) is 0 Å². The van der Waals surface area contributed by atoms with Crippen molar-refractivity contribution in [3.8, 4) is 5.75 Å². The van der Waals surface area contributed by atoms with E-state index in [1.807, 2.05) is 0 Å². The minimum Gasteiger partial charge on any atom is -0.494 e. The second-order valence-corrected chi connectivity index (χ2v) is 5.94. The highest BCUT2D eigenvalue weighted by Gasteiger charge is 2.22. The molecule has 0 aliphatic heterocycles. The Morgan fingerprint density at radius 3 is 2.85 bits per heavy atom. The summed E-state index contributed by atoms with van der Waals surface area (Å²) in [4.78, 5) is 0. The van der Waals surface area contributed by atoms with Crippen molar-refractivity contribution in [3.63, 3.8) is 0 Å². The maximum absolute atomic E-state index is 5.70. The maximum atomic E-state index is 5.70. The highest BCUT2D eigenvalue weighted by Crippen LogP contribution is 2.27. The number of benzene rings is 1. The van der Waals surface area contributed by atoms with Crippen LogP contribution in [0.3, 0.4) is 0 Å². The Labute approximate surface area is 123 Å². The number of hydrogen-bond donors (Lipinski definition) is 1. The summed E-state index contributed by atoms with van der Waals surface area (Å²) < 4.78 is 5.70. The van der Waals surface area contributed by atoms with Crippen LogP contribution >= 0.6 is 0 Å². The van der Waals surface area contributed by atoms with Gasteiger partial charge in [0, 0.05) is 12.6 Å². The first-order valence-electron chi connectivity index (χ1n) is 8.28. The Balaban J connectivity index is 1.86. The molecule has 2 nitrogen and oxygen atoms in total. The average Bonchev–Trinajstić information content (AvgIpc) is 2.51. The summed E-state index contributed by atoms with van der Waals surface area (Å²) in [6, 6.07) is 9.21. The third-order valence-corrected chi connectivity index (χ3v) is 4.37. The van der Waals surface area contributed by atoms with E-state index in [1.54, 1.807) is 0 Å². The Hall–Kier alpha value is -1.02. The molecule has 2 rings (SSSR count). The lowest BCUT2D eigenvalue weighted by molar-refractivity contribution is 0.254. The zero-order chi connectivity index (χ0) is 14.2. The first kappa shape index (κ1) is 15.4. The van der Waals surface area contributed by atoms with Crippen LogP contribution in [0, 0.1) is 5.92 Å². The number of nitrogens with one attached hydrogen (secondary N) is 1. The number of rotatable bonds is 7. The molecule has 0 amide bonds. The molecule has 2 unspecified atom stereocenters. The molecule has 0 aromatic heterocycles. The van der Waals surface area contributed by atoms with Gasteiger partial charge in [0.15, 0.2) is 0 Å². The van der Waals surface area contributed by atoms with E-state index in [-0.39, 0.29) is 0 Å². The van der Waals surface area contributed by atoms with E-state index in [0.29, 0.717) is 6.04 Å². The highest BCUT2D eigenvalue weighted by atomic mass is 16.5.